The minimum absolute atomic E-state index is 0.0142. The van der Waals surface area contributed by atoms with E-state index < -0.39 is 33.2 Å². The van der Waals surface area contributed by atoms with E-state index in [1.165, 1.54) is 34.9 Å². The molecule has 242 valence electrons. The van der Waals surface area contributed by atoms with E-state index in [2.05, 4.69) is 9.71 Å². The maximum Gasteiger partial charge on any atom is 0.416 e. The molecule has 7 nitrogen and oxygen atoms in total. The Morgan fingerprint density at radius 2 is 1.60 bits per heavy atom. The van der Waals surface area contributed by atoms with Crippen LogP contribution in [0.2, 0.25) is 10.0 Å². The van der Waals surface area contributed by atoms with E-state index in [4.69, 9.17) is 23.2 Å². The number of halogens is 5. The number of rotatable bonds is 8. The average molecular weight is 701 g/mol. The number of aromatic hydroxyl groups is 1. The van der Waals surface area contributed by atoms with Gasteiger partial charge in [-0.3, -0.25) is 4.79 Å². The van der Waals surface area contributed by atoms with Gasteiger partial charge in [0.2, 0.25) is 10.0 Å². The van der Waals surface area contributed by atoms with Crippen LogP contribution in [-0.2, 0) is 29.7 Å². The number of aryl methyl sites for hydroxylation is 1. The van der Waals surface area contributed by atoms with Gasteiger partial charge >= 0.3 is 6.18 Å². The Morgan fingerprint density at radius 1 is 0.936 bits per heavy atom. The second kappa shape index (κ2) is 12.4. The predicted octanol–water partition coefficient (Wildman–Crippen LogP) is 7.75. The highest BCUT2D eigenvalue weighted by Gasteiger charge is 2.33. The standard InChI is InChI=1S/C34H26Cl2F3N3O4S/c1-42-27-9-5-3-7-24(27)32(43)30(33(42)44)29(19-10-12-20(13-11-19)34(37,38)39)31-23(22-6-2-4-8-26(22)41-31)16-17-40-47(45,46)28-18-21(35)14-15-25(28)36/h2-15,18,29,40-41,43H,16-17H2,1H3. The first-order valence-corrected chi connectivity index (χ1v) is 16.5. The van der Waals surface area contributed by atoms with Crippen molar-refractivity contribution in [2.24, 2.45) is 7.05 Å². The molecule has 0 radical (unpaired) electrons. The summed E-state index contributed by atoms with van der Waals surface area (Å²) in [6, 6.07) is 22.4. The average Bonchev–Trinajstić information content (AvgIpc) is 3.40. The first kappa shape index (κ1) is 32.6. The first-order chi connectivity index (χ1) is 22.3. The van der Waals surface area contributed by atoms with Gasteiger partial charge in [-0.1, -0.05) is 65.7 Å². The number of pyridine rings is 1. The number of fused-ring (bicyclic) bond motifs is 2. The van der Waals surface area contributed by atoms with E-state index in [1.807, 2.05) is 6.07 Å². The van der Waals surface area contributed by atoms with Crippen molar-refractivity contribution in [3.8, 4) is 5.75 Å². The number of alkyl halides is 3. The van der Waals surface area contributed by atoms with Crippen molar-refractivity contribution >= 4 is 55.0 Å². The first-order valence-electron chi connectivity index (χ1n) is 14.3. The molecule has 47 heavy (non-hydrogen) atoms. The fraction of sp³-hybridized carbons (Fsp3) is 0.147. The summed E-state index contributed by atoms with van der Waals surface area (Å²) in [6.45, 7) is -0.110. The molecule has 2 heterocycles. The molecule has 1 unspecified atom stereocenters. The molecule has 0 spiro atoms. The highest BCUT2D eigenvalue weighted by atomic mass is 35.5. The number of hydrogen-bond acceptors (Lipinski definition) is 4. The van der Waals surface area contributed by atoms with Gasteiger partial charge in [0, 0.05) is 40.6 Å². The van der Waals surface area contributed by atoms with Gasteiger partial charge in [-0.2, -0.15) is 13.2 Å². The highest BCUT2D eigenvalue weighted by Crippen LogP contribution is 2.42. The molecule has 0 aliphatic carbocycles. The maximum atomic E-state index is 14.0. The van der Waals surface area contributed by atoms with Crippen LogP contribution in [-0.4, -0.2) is 29.6 Å². The Balaban J connectivity index is 1.53. The molecular weight excluding hydrogens is 674 g/mol. The molecule has 6 rings (SSSR count). The number of sulfonamides is 1. The van der Waals surface area contributed by atoms with Gasteiger partial charge in [-0.25, -0.2) is 13.1 Å². The van der Waals surface area contributed by atoms with Crippen LogP contribution < -0.4 is 10.3 Å². The third kappa shape index (κ3) is 6.12. The van der Waals surface area contributed by atoms with Gasteiger partial charge in [-0.15, -0.1) is 0 Å². The molecule has 0 aliphatic rings. The molecule has 2 aromatic heterocycles. The lowest BCUT2D eigenvalue weighted by atomic mass is 9.84. The topological polar surface area (TPSA) is 104 Å². The lowest BCUT2D eigenvalue weighted by molar-refractivity contribution is -0.137. The zero-order valence-corrected chi connectivity index (χ0v) is 26.9. The van der Waals surface area contributed by atoms with Crippen LogP contribution >= 0.6 is 23.2 Å². The van der Waals surface area contributed by atoms with Gasteiger partial charge < -0.3 is 14.7 Å². The van der Waals surface area contributed by atoms with E-state index in [1.54, 1.807) is 49.5 Å². The molecule has 13 heteroatoms. The fourth-order valence-corrected chi connectivity index (χ4v) is 7.71. The number of para-hydroxylation sites is 2. The van der Waals surface area contributed by atoms with E-state index >= 15 is 0 Å². The summed E-state index contributed by atoms with van der Waals surface area (Å²) in [6.07, 6.45) is -4.49. The molecule has 1 atom stereocenters. The number of aromatic nitrogens is 2. The molecule has 6 aromatic rings. The van der Waals surface area contributed by atoms with Crippen LogP contribution in [0, 0.1) is 0 Å². The van der Waals surface area contributed by atoms with Crippen LogP contribution in [0.15, 0.2) is 101 Å². The van der Waals surface area contributed by atoms with Crippen LogP contribution in [0.3, 0.4) is 0 Å². The summed E-state index contributed by atoms with van der Waals surface area (Å²) in [5, 5.41) is 12.9. The molecule has 0 saturated carbocycles. The SMILES string of the molecule is Cn1c(=O)c(C(c2ccc(C(F)(F)F)cc2)c2[nH]c3ccccc3c2CCNS(=O)(=O)c2cc(Cl)ccc2Cl)c(O)c2ccccc21. The van der Waals surface area contributed by atoms with E-state index in [-0.39, 0.29) is 39.2 Å². The summed E-state index contributed by atoms with van der Waals surface area (Å²) >= 11 is 12.2. The summed E-state index contributed by atoms with van der Waals surface area (Å²) < 4.78 is 71.0. The Hall–Kier alpha value is -4.29. The van der Waals surface area contributed by atoms with Gasteiger partial charge in [0.1, 0.15) is 10.6 Å². The number of nitrogens with zero attached hydrogens (tertiary/aromatic N) is 1. The lowest BCUT2D eigenvalue weighted by Gasteiger charge is -2.22. The Kier molecular flexibility index (Phi) is 8.60. The summed E-state index contributed by atoms with van der Waals surface area (Å²) in [7, 11) is -2.54. The van der Waals surface area contributed by atoms with Gasteiger partial charge in [0.05, 0.1) is 27.6 Å². The third-order valence-electron chi connectivity index (χ3n) is 8.16. The Bertz CT molecular complexity index is 2320. The van der Waals surface area contributed by atoms with Crippen molar-refractivity contribution in [2.45, 2.75) is 23.4 Å². The Labute approximate surface area is 277 Å². The number of aromatic amines is 1. The zero-order valence-electron chi connectivity index (χ0n) is 24.6. The number of hydrogen-bond donors (Lipinski definition) is 3. The van der Waals surface area contributed by atoms with Gasteiger partial charge in [0.15, 0.2) is 0 Å². The summed E-state index contributed by atoms with van der Waals surface area (Å²) in [5.74, 6) is -1.38. The molecule has 0 amide bonds. The Morgan fingerprint density at radius 3 is 2.30 bits per heavy atom. The normalized spacial score (nSPS) is 13.0. The minimum atomic E-state index is -4.59. The van der Waals surface area contributed by atoms with Crippen molar-refractivity contribution < 1.29 is 26.7 Å². The summed E-state index contributed by atoms with van der Waals surface area (Å²) in [5.41, 5.74) is 0.954. The van der Waals surface area contributed by atoms with E-state index in [9.17, 15) is 31.5 Å². The number of nitrogens with one attached hydrogen (secondary N) is 2. The molecule has 0 aliphatic heterocycles. The molecule has 0 fully saturated rings. The number of benzene rings is 4. The zero-order chi connectivity index (χ0) is 33.7. The third-order valence-corrected chi connectivity index (χ3v) is 10.3. The minimum Gasteiger partial charge on any atom is -0.507 e. The van der Waals surface area contributed by atoms with Crippen LogP contribution in [0.5, 0.6) is 5.75 Å². The largest absolute Gasteiger partial charge is 0.507 e. The second-order valence-electron chi connectivity index (χ2n) is 11.0. The molecular formula is C34H26Cl2F3N3O4S. The molecule has 0 saturated heterocycles. The van der Waals surface area contributed by atoms with Gasteiger partial charge in [0.25, 0.3) is 5.56 Å². The van der Waals surface area contributed by atoms with Crippen molar-refractivity contribution in [1.82, 2.24) is 14.3 Å². The summed E-state index contributed by atoms with van der Waals surface area (Å²) in [4.78, 5) is 17.1. The van der Waals surface area contributed by atoms with Crippen LogP contribution in [0.1, 0.15) is 33.9 Å². The smallest absolute Gasteiger partial charge is 0.416 e. The van der Waals surface area contributed by atoms with Crippen LogP contribution in [0.4, 0.5) is 13.2 Å². The second-order valence-corrected chi connectivity index (χ2v) is 13.6. The van der Waals surface area contributed by atoms with Crippen molar-refractivity contribution in [3.63, 3.8) is 0 Å². The lowest BCUT2D eigenvalue weighted by Crippen LogP contribution is -2.27. The van der Waals surface area contributed by atoms with Crippen molar-refractivity contribution in [1.29, 1.82) is 0 Å². The van der Waals surface area contributed by atoms with Crippen molar-refractivity contribution in [2.75, 3.05) is 6.54 Å². The van der Waals surface area contributed by atoms with E-state index in [0.29, 0.717) is 38.6 Å². The van der Waals surface area contributed by atoms with Gasteiger partial charge in [-0.05, 0) is 66.1 Å². The monoisotopic (exact) mass is 699 g/mol. The predicted molar refractivity (Wildman–Crippen MR) is 177 cm³/mol. The molecule has 0 bridgehead atoms. The molecule has 4 aromatic carbocycles. The van der Waals surface area contributed by atoms with E-state index in [0.717, 1.165) is 12.1 Å². The maximum absolute atomic E-state index is 14.0. The highest BCUT2D eigenvalue weighted by molar-refractivity contribution is 7.89. The molecule has 3 N–H and O–H groups in total. The van der Waals surface area contributed by atoms with Crippen LogP contribution in [0.25, 0.3) is 21.8 Å². The fourth-order valence-electron chi connectivity index (χ4n) is 5.91. The number of H-pyrrole nitrogens is 1. The quantitative estimate of drug-likeness (QED) is 0.151. The van der Waals surface area contributed by atoms with Crippen molar-refractivity contribution in [3.05, 3.63) is 139 Å².